The highest BCUT2D eigenvalue weighted by atomic mass is 15.5. The standard InChI is InChI=1S/C14H21N5/c1-14(2,3)11-4-8-19(9-5-11)18-13-12(10-15)16-6-7-17-13/h6-7,11H,4-5,8-9H2,1-3H3,(H,17,18). The quantitative estimate of drug-likeness (QED) is 0.883. The van der Waals surface area contributed by atoms with Gasteiger partial charge in [0.05, 0.1) is 0 Å². The summed E-state index contributed by atoms with van der Waals surface area (Å²) < 4.78 is 0. The highest BCUT2D eigenvalue weighted by molar-refractivity contribution is 5.45. The average molecular weight is 259 g/mol. The smallest absolute Gasteiger partial charge is 0.184 e. The average Bonchev–Trinajstić information content (AvgIpc) is 2.39. The van der Waals surface area contributed by atoms with Gasteiger partial charge in [-0.3, -0.25) is 0 Å². The first kappa shape index (κ1) is 13.8. The van der Waals surface area contributed by atoms with Crippen LogP contribution in [0.3, 0.4) is 0 Å². The zero-order valence-corrected chi connectivity index (χ0v) is 11.8. The van der Waals surface area contributed by atoms with Gasteiger partial charge in [0.1, 0.15) is 6.07 Å². The molecule has 0 spiro atoms. The van der Waals surface area contributed by atoms with Crippen molar-refractivity contribution < 1.29 is 0 Å². The van der Waals surface area contributed by atoms with Gasteiger partial charge in [0.15, 0.2) is 11.5 Å². The molecule has 5 nitrogen and oxygen atoms in total. The molecule has 1 aliphatic rings. The molecule has 0 saturated carbocycles. The molecule has 1 aromatic heterocycles. The molecule has 0 aromatic carbocycles. The van der Waals surface area contributed by atoms with Crippen molar-refractivity contribution in [3.8, 4) is 6.07 Å². The molecule has 1 aromatic rings. The van der Waals surface area contributed by atoms with Crippen molar-refractivity contribution in [3.05, 3.63) is 18.1 Å². The lowest BCUT2D eigenvalue weighted by atomic mass is 9.75. The Morgan fingerprint density at radius 3 is 2.47 bits per heavy atom. The van der Waals surface area contributed by atoms with Gasteiger partial charge in [0.25, 0.3) is 0 Å². The summed E-state index contributed by atoms with van der Waals surface area (Å²) in [5.41, 5.74) is 3.93. The molecule has 2 heterocycles. The second-order valence-electron chi connectivity index (χ2n) is 6.10. The lowest BCUT2D eigenvalue weighted by Gasteiger charge is -2.38. The number of hydrogen-bond acceptors (Lipinski definition) is 5. The van der Waals surface area contributed by atoms with E-state index in [1.165, 1.54) is 19.0 Å². The number of nitriles is 1. The molecule has 0 bridgehead atoms. The normalized spacial score (nSPS) is 18.0. The summed E-state index contributed by atoms with van der Waals surface area (Å²) in [6.07, 6.45) is 5.47. The fourth-order valence-corrected chi connectivity index (χ4v) is 2.51. The number of nitrogens with zero attached hydrogens (tertiary/aromatic N) is 4. The third-order valence-electron chi connectivity index (χ3n) is 3.79. The molecule has 102 valence electrons. The van der Waals surface area contributed by atoms with E-state index in [1.54, 1.807) is 6.20 Å². The van der Waals surface area contributed by atoms with E-state index in [2.05, 4.69) is 47.2 Å². The van der Waals surface area contributed by atoms with Gasteiger partial charge in [0.2, 0.25) is 0 Å². The van der Waals surface area contributed by atoms with Crippen LogP contribution in [0.4, 0.5) is 5.82 Å². The van der Waals surface area contributed by atoms with E-state index < -0.39 is 0 Å². The lowest BCUT2D eigenvalue weighted by Crippen LogP contribution is -2.41. The largest absolute Gasteiger partial charge is 0.301 e. The number of hydrazine groups is 1. The second-order valence-corrected chi connectivity index (χ2v) is 6.10. The summed E-state index contributed by atoms with van der Waals surface area (Å²) in [4.78, 5) is 8.18. The van der Waals surface area contributed by atoms with Gasteiger partial charge in [0, 0.05) is 25.5 Å². The van der Waals surface area contributed by atoms with Crippen molar-refractivity contribution in [1.82, 2.24) is 15.0 Å². The SMILES string of the molecule is CC(C)(C)C1CCN(Nc2nccnc2C#N)CC1. The Labute approximate surface area is 114 Å². The topological polar surface area (TPSA) is 64.8 Å². The van der Waals surface area contributed by atoms with E-state index in [4.69, 9.17) is 5.26 Å². The Morgan fingerprint density at radius 1 is 1.26 bits per heavy atom. The molecule has 1 N–H and O–H groups in total. The number of aromatic nitrogens is 2. The van der Waals surface area contributed by atoms with Gasteiger partial charge >= 0.3 is 0 Å². The van der Waals surface area contributed by atoms with Crippen LogP contribution in [0.2, 0.25) is 0 Å². The molecule has 5 heteroatoms. The third kappa shape index (κ3) is 3.42. The van der Waals surface area contributed by atoms with E-state index in [0.717, 1.165) is 19.0 Å². The third-order valence-corrected chi connectivity index (χ3v) is 3.79. The molecular formula is C14H21N5. The zero-order valence-electron chi connectivity index (χ0n) is 11.8. The van der Waals surface area contributed by atoms with Crippen LogP contribution in [0.1, 0.15) is 39.3 Å². The van der Waals surface area contributed by atoms with E-state index in [0.29, 0.717) is 16.9 Å². The first-order valence-electron chi connectivity index (χ1n) is 6.73. The minimum Gasteiger partial charge on any atom is -0.301 e. The summed E-state index contributed by atoms with van der Waals surface area (Å²) in [5.74, 6) is 1.31. The summed E-state index contributed by atoms with van der Waals surface area (Å²) in [7, 11) is 0. The van der Waals surface area contributed by atoms with Crippen LogP contribution in [0.25, 0.3) is 0 Å². The molecule has 0 atom stereocenters. The molecule has 0 amide bonds. The number of hydrogen-bond donors (Lipinski definition) is 1. The minimum absolute atomic E-state index is 0.348. The number of rotatable bonds is 2. The Balaban J connectivity index is 1.95. The molecule has 0 radical (unpaired) electrons. The molecule has 19 heavy (non-hydrogen) atoms. The minimum atomic E-state index is 0.348. The van der Waals surface area contributed by atoms with Crippen molar-refractivity contribution in [2.75, 3.05) is 18.5 Å². The predicted octanol–water partition coefficient (Wildman–Crippen LogP) is 2.43. The predicted molar refractivity (Wildman–Crippen MR) is 74.1 cm³/mol. The van der Waals surface area contributed by atoms with Crippen LogP contribution >= 0.6 is 0 Å². The fourth-order valence-electron chi connectivity index (χ4n) is 2.51. The maximum absolute atomic E-state index is 8.99. The number of piperidine rings is 1. The Hall–Kier alpha value is -1.67. The molecular weight excluding hydrogens is 238 g/mol. The Kier molecular flexibility index (Phi) is 4.01. The van der Waals surface area contributed by atoms with Gasteiger partial charge < -0.3 is 5.43 Å². The van der Waals surface area contributed by atoms with Gasteiger partial charge in [-0.15, -0.1) is 0 Å². The molecule has 1 aliphatic heterocycles. The van der Waals surface area contributed by atoms with E-state index in [1.807, 2.05) is 0 Å². The van der Waals surface area contributed by atoms with Gasteiger partial charge in [-0.1, -0.05) is 20.8 Å². The molecule has 0 unspecified atom stereocenters. The fraction of sp³-hybridized carbons (Fsp3) is 0.643. The van der Waals surface area contributed by atoms with Crippen molar-refractivity contribution in [2.24, 2.45) is 11.3 Å². The Bertz CT molecular complexity index is 463. The summed E-state index contributed by atoms with van der Waals surface area (Å²) in [5, 5.41) is 11.1. The van der Waals surface area contributed by atoms with Crippen molar-refractivity contribution >= 4 is 5.82 Å². The van der Waals surface area contributed by atoms with Crippen molar-refractivity contribution in [1.29, 1.82) is 5.26 Å². The van der Waals surface area contributed by atoms with Crippen molar-refractivity contribution in [2.45, 2.75) is 33.6 Å². The van der Waals surface area contributed by atoms with Crippen LogP contribution in [-0.4, -0.2) is 28.1 Å². The highest BCUT2D eigenvalue weighted by Gasteiger charge is 2.29. The first-order valence-corrected chi connectivity index (χ1v) is 6.73. The van der Waals surface area contributed by atoms with Crippen LogP contribution < -0.4 is 5.43 Å². The number of nitrogens with one attached hydrogen (secondary N) is 1. The van der Waals surface area contributed by atoms with Gasteiger partial charge in [-0.05, 0) is 24.2 Å². The summed E-state index contributed by atoms with van der Waals surface area (Å²) in [6.45, 7) is 8.86. The Morgan fingerprint density at radius 2 is 1.89 bits per heavy atom. The molecule has 0 aliphatic carbocycles. The van der Waals surface area contributed by atoms with E-state index >= 15 is 0 Å². The number of anilines is 1. The van der Waals surface area contributed by atoms with Crippen LogP contribution in [0.15, 0.2) is 12.4 Å². The van der Waals surface area contributed by atoms with Crippen LogP contribution in [0, 0.1) is 22.7 Å². The molecule has 2 rings (SSSR count). The second kappa shape index (κ2) is 5.54. The van der Waals surface area contributed by atoms with Crippen LogP contribution in [0.5, 0.6) is 0 Å². The van der Waals surface area contributed by atoms with E-state index in [-0.39, 0.29) is 0 Å². The highest BCUT2D eigenvalue weighted by Crippen LogP contribution is 2.34. The monoisotopic (exact) mass is 259 g/mol. The first-order chi connectivity index (χ1) is 9.00. The lowest BCUT2D eigenvalue weighted by molar-refractivity contribution is 0.127. The summed E-state index contributed by atoms with van der Waals surface area (Å²) in [6, 6.07) is 2.06. The van der Waals surface area contributed by atoms with Gasteiger partial charge in [-0.2, -0.15) is 5.26 Å². The maximum Gasteiger partial charge on any atom is 0.184 e. The maximum atomic E-state index is 8.99. The van der Waals surface area contributed by atoms with Crippen molar-refractivity contribution in [3.63, 3.8) is 0 Å². The van der Waals surface area contributed by atoms with Crippen LogP contribution in [-0.2, 0) is 0 Å². The van der Waals surface area contributed by atoms with Gasteiger partial charge in [-0.25, -0.2) is 15.0 Å². The summed E-state index contributed by atoms with van der Waals surface area (Å²) >= 11 is 0. The molecule has 1 fully saturated rings. The zero-order chi connectivity index (χ0) is 13.9. The van der Waals surface area contributed by atoms with E-state index in [9.17, 15) is 0 Å². The molecule has 1 saturated heterocycles.